The van der Waals surface area contributed by atoms with Crippen LogP contribution in [0.5, 0.6) is 0 Å². The molecule has 0 N–H and O–H groups in total. The average Bonchev–Trinajstić information content (AvgIpc) is 2.86. The van der Waals surface area contributed by atoms with Crippen LogP contribution in [0.25, 0.3) is 0 Å². The lowest BCUT2D eigenvalue weighted by atomic mass is 10.2. The molecule has 0 atom stereocenters. The third-order valence-electron chi connectivity index (χ3n) is 2.95. The Balaban J connectivity index is 2.19. The van der Waals surface area contributed by atoms with Gasteiger partial charge in [0.25, 0.3) is 0 Å². The van der Waals surface area contributed by atoms with Crippen LogP contribution in [0.1, 0.15) is 24.7 Å². The highest BCUT2D eigenvalue weighted by Gasteiger charge is 2.10. The van der Waals surface area contributed by atoms with Crippen LogP contribution < -0.4 is 4.90 Å². The summed E-state index contributed by atoms with van der Waals surface area (Å²) in [5.74, 6) is 0.914. The first-order valence-electron chi connectivity index (χ1n) is 6.33. The second kappa shape index (κ2) is 6.01. The molecule has 19 heavy (non-hydrogen) atoms. The van der Waals surface area contributed by atoms with Crippen LogP contribution in [0.3, 0.4) is 0 Å². The normalized spacial score (nSPS) is 10.2. The number of aromatic nitrogens is 3. The van der Waals surface area contributed by atoms with Crippen molar-refractivity contribution in [3.05, 3.63) is 42.0 Å². The van der Waals surface area contributed by atoms with Crippen molar-refractivity contribution in [1.82, 2.24) is 14.8 Å². The summed E-state index contributed by atoms with van der Waals surface area (Å²) in [5.41, 5.74) is 1.59. The number of hydrogen-bond acceptors (Lipinski definition) is 4. The van der Waals surface area contributed by atoms with Gasteiger partial charge in [-0.2, -0.15) is 10.4 Å². The molecular formula is C14H17N5. The minimum Gasteiger partial charge on any atom is -0.366 e. The Morgan fingerprint density at radius 1 is 1.37 bits per heavy atom. The lowest BCUT2D eigenvalue weighted by Crippen LogP contribution is -2.21. The highest BCUT2D eigenvalue weighted by atomic mass is 15.3. The molecule has 0 amide bonds. The molecule has 5 heteroatoms. The Labute approximate surface area is 113 Å². The summed E-state index contributed by atoms with van der Waals surface area (Å²) in [5, 5.41) is 13.3. The van der Waals surface area contributed by atoms with Gasteiger partial charge in [0.05, 0.1) is 17.8 Å². The van der Waals surface area contributed by atoms with Crippen LogP contribution in [0.2, 0.25) is 0 Å². The molecular weight excluding hydrogens is 238 g/mol. The van der Waals surface area contributed by atoms with Crippen molar-refractivity contribution < 1.29 is 0 Å². The number of para-hydroxylation sites is 1. The van der Waals surface area contributed by atoms with Crippen LogP contribution in [-0.4, -0.2) is 21.8 Å². The molecule has 0 fully saturated rings. The Morgan fingerprint density at radius 2 is 2.16 bits per heavy atom. The van der Waals surface area contributed by atoms with Crippen molar-refractivity contribution in [1.29, 1.82) is 5.26 Å². The van der Waals surface area contributed by atoms with Gasteiger partial charge in [0.2, 0.25) is 0 Å². The number of aryl methyl sites for hydroxylation is 1. The fraction of sp³-hybridized carbons (Fsp3) is 0.357. The van der Waals surface area contributed by atoms with Crippen molar-refractivity contribution in [2.75, 3.05) is 11.9 Å². The zero-order valence-corrected chi connectivity index (χ0v) is 11.2. The van der Waals surface area contributed by atoms with Gasteiger partial charge in [0, 0.05) is 13.6 Å². The number of hydrogen-bond donors (Lipinski definition) is 0. The van der Waals surface area contributed by atoms with Crippen molar-refractivity contribution in [3.8, 4) is 6.07 Å². The molecule has 0 aliphatic rings. The predicted molar refractivity (Wildman–Crippen MR) is 73.6 cm³/mol. The fourth-order valence-corrected chi connectivity index (χ4v) is 2.01. The molecule has 0 aliphatic carbocycles. The Bertz CT molecular complexity index is 582. The molecule has 0 bridgehead atoms. The minimum absolute atomic E-state index is 0.638. The van der Waals surface area contributed by atoms with Gasteiger partial charge in [-0.25, -0.2) is 9.67 Å². The van der Waals surface area contributed by atoms with E-state index >= 15 is 0 Å². The number of benzene rings is 1. The molecule has 2 rings (SSSR count). The van der Waals surface area contributed by atoms with Crippen molar-refractivity contribution in [2.45, 2.75) is 26.4 Å². The van der Waals surface area contributed by atoms with Crippen molar-refractivity contribution >= 4 is 5.69 Å². The van der Waals surface area contributed by atoms with Crippen LogP contribution in [-0.2, 0) is 13.1 Å². The monoisotopic (exact) mass is 255 g/mol. The molecule has 0 saturated carbocycles. The number of nitrogens with zero attached hydrogens (tertiary/aromatic N) is 5. The SMILES string of the molecule is CCCn1ncnc1CN(C)c1ccccc1C#N. The quantitative estimate of drug-likeness (QED) is 0.821. The third-order valence-corrected chi connectivity index (χ3v) is 2.95. The summed E-state index contributed by atoms with van der Waals surface area (Å²) in [7, 11) is 1.96. The lowest BCUT2D eigenvalue weighted by Gasteiger charge is -2.20. The van der Waals surface area contributed by atoms with Gasteiger partial charge in [-0.3, -0.25) is 0 Å². The van der Waals surface area contributed by atoms with E-state index in [1.807, 2.05) is 40.9 Å². The zero-order valence-electron chi connectivity index (χ0n) is 11.2. The smallest absolute Gasteiger partial charge is 0.146 e. The van der Waals surface area contributed by atoms with Crippen LogP contribution in [0.4, 0.5) is 5.69 Å². The van der Waals surface area contributed by atoms with Gasteiger partial charge in [-0.05, 0) is 18.6 Å². The standard InChI is InChI=1S/C14H17N5/c1-3-8-19-14(16-11-17-19)10-18(2)13-7-5-4-6-12(13)9-15/h4-7,11H,3,8,10H2,1-2H3. The van der Waals surface area contributed by atoms with Gasteiger partial charge in [0.15, 0.2) is 0 Å². The number of nitriles is 1. The Morgan fingerprint density at radius 3 is 2.89 bits per heavy atom. The molecule has 1 aromatic carbocycles. The second-order valence-corrected chi connectivity index (χ2v) is 4.38. The number of anilines is 1. The number of rotatable bonds is 5. The summed E-state index contributed by atoms with van der Waals surface area (Å²) >= 11 is 0. The van der Waals surface area contributed by atoms with Crippen molar-refractivity contribution in [2.24, 2.45) is 0 Å². The molecule has 0 radical (unpaired) electrons. The molecule has 0 spiro atoms. The maximum Gasteiger partial charge on any atom is 0.146 e. The van der Waals surface area contributed by atoms with E-state index in [0.29, 0.717) is 12.1 Å². The first-order chi connectivity index (χ1) is 9.26. The summed E-state index contributed by atoms with van der Waals surface area (Å²) < 4.78 is 1.91. The van der Waals surface area contributed by atoms with E-state index in [4.69, 9.17) is 5.26 Å². The summed E-state index contributed by atoms with van der Waals surface area (Å²) in [4.78, 5) is 6.31. The van der Waals surface area contributed by atoms with E-state index in [9.17, 15) is 0 Å². The maximum atomic E-state index is 9.12. The van der Waals surface area contributed by atoms with Crippen LogP contribution >= 0.6 is 0 Å². The Hall–Kier alpha value is -2.35. The summed E-state index contributed by atoms with van der Waals surface area (Å²) in [6.45, 7) is 3.61. The Kier molecular flexibility index (Phi) is 4.14. The lowest BCUT2D eigenvalue weighted by molar-refractivity contribution is 0.566. The first kappa shape index (κ1) is 13.1. The molecule has 0 aliphatic heterocycles. The van der Waals surface area contributed by atoms with Crippen LogP contribution in [0, 0.1) is 11.3 Å². The summed E-state index contributed by atoms with van der Waals surface area (Å²) in [6, 6.07) is 9.78. The minimum atomic E-state index is 0.638. The van der Waals surface area contributed by atoms with Gasteiger partial charge in [-0.15, -0.1) is 0 Å². The fourth-order valence-electron chi connectivity index (χ4n) is 2.01. The van der Waals surface area contributed by atoms with Crippen molar-refractivity contribution in [3.63, 3.8) is 0 Å². The zero-order chi connectivity index (χ0) is 13.7. The van der Waals surface area contributed by atoms with Gasteiger partial charge in [-0.1, -0.05) is 19.1 Å². The summed E-state index contributed by atoms with van der Waals surface area (Å²) in [6.07, 6.45) is 2.60. The molecule has 1 heterocycles. The van der Waals surface area contributed by atoms with Gasteiger partial charge >= 0.3 is 0 Å². The van der Waals surface area contributed by atoms with Gasteiger partial charge < -0.3 is 4.90 Å². The largest absolute Gasteiger partial charge is 0.366 e. The van der Waals surface area contributed by atoms with Crippen LogP contribution in [0.15, 0.2) is 30.6 Å². The molecule has 98 valence electrons. The highest BCUT2D eigenvalue weighted by Crippen LogP contribution is 2.19. The van der Waals surface area contributed by atoms with Gasteiger partial charge in [0.1, 0.15) is 18.2 Å². The average molecular weight is 255 g/mol. The molecule has 0 saturated heterocycles. The molecule has 2 aromatic rings. The third kappa shape index (κ3) is 2.91. The van der Waals surface area contributed by atoms with E-state index < -0.39 is 0 Å². The second-order valence-electron chi connectivity index (χ2n) is 4.38. The van der Waals surface area contributed by atoms with E-state index in [2.05, 4.69) is 23.1 Å². The molecule has 0 unspecified atom stereocenters. The highest BCUT2D eigenvalue weighted by molar-refractivity contribution is 5.58. The van der Waals surface area contributed by atoms with E-state index in [0.717, 1.165) is 24.5 Å². The molecule has 1 aromatic heterocycles. The maximum absolute atomic E-state index is 9.12. The van der Waals surface area contributed by atoms with E-state index in [1.54, 1.807) is 6.33 Å². The first-order valence-corrected chi connectivity index (χ1v) is 6.33. The van der Waals surface area contributed by atoms with E-state index in [-0.39, 0.29) is 0 Å². The molecule has 5 nitrogen and oxygen atoms in total. The predicted octanol–water partition coefficient (Wildman–Crippen LogP) is 2.20. The van der Waals surface area contributed by atoms with E-state index in [1.165, 1.54) is 0 Å². The topological polar surface area (TPSA) is 57.7 Å².